The summed E-state index contributed by atoms with van der Waals surface area (Å²) in [6.07, 6.45) is 1.92. The molecular formula is C12H17BrN2O3. The Hall–Kier alpha value is -1.30. The molecule has 6 heteroatoms. The van der Waals surface area contributed by atoms with Crippen molar-refractivity contribution in [2.75, 3.05) is 0 Å². The van der Waals surface area contributed by atoms with Crippen molar-refractivity contribution in [1.82, 2.24) is 9.88 Å². The Labute approximate surface area is 114 Å². The van der Waals surface area contributed by atoms with Crippen LogP contribution in [0.1, 0.15) is 25.8 Å². The van der Waals surface area contributed by atoms with E-state index in [2.05, 4.69) is 21.2 Å². The van der Waals surface area contributed by atoms with E-state index in [9.17, 15) is 9.59 Å². The number of carbonyl (C=O) groups is 1. The second-order valence-corrected chi connectivity index (χ2v) is 5.76. The van der Waals surface area contributed by atoms with Crippen molar-refractivity contribution in [2.24, 2.45) is 7.05 Å². The Morgan fingerprint density at radius 3 is 2.72 bits per heavy atom. The quantitative estimate of drug-likeness (QED) is 0.893. The molecule has 0 aromatic carbocycles. The molecule has 0 aliphatic heterocycles. The van der Waals surface area contributed by atoms with Crippen LogP contribution in [0.5, 0.6) is 0 Å². The van der Waals surface area contributed by atoms with Crippen molar-refractivity contribution >= 4 is 22.0 Å². The van der Waals surface area contributed by atoms with Gasteiger partial charge in [0.25, 0.3) is 5.56 Å². The van der Waals surface area contributed by atoms with E-state index in [0.717, 1.165) is 10.0 Å². The first kappa shape index (κ1) is 14.8. The minimum Gasteiger partial charge on any atom is -0.465 e. The van der Waals surface area contributed by atoms with Gasteiger partial charge >= 0.3 is 6.09 Å². The van der Waals surface area contributed by atoms with Crippen LogP contribution in [0.4, 0.5) is 4.79 Å². The molecule has 5 nitrogen and oxygen atoms in total. The van der Waals surface area contributed by atoms with Gasteiger partial charge in [-0.1, -0.05) is 0 Å². The molecule has 1 amide bonds. The van der Waals surface area contributed by atoms with E-state index >= 15 is 0 Å². The summed E-state index contributed by atoms with van der Waals surface area (Å²) < 4.78 is 2.35. The van der Waals surface area contributed by atoms with Crippen molar-refractivity contribution in [2.45, 2.75) is 32.2 Å². The highest BCUT2D eigenvalue weighted by atomic mass is 79.9. The van der Waals surface area contributed by atoms with E-state index in [0.29, 0.717) is 12.8 Å². The lowest BCUT2D eigenvalue weighted by atomic mass is 9.96. The van der Waals surface area contributed by atoms with Crippen LogP contribution in [-0.4, -0.2) is 21.3 Å². The highest BCUT2D eigenvalue weighted by molar-refractivity contribution is 9.10. The minimum absolute atomic E-state index is 0.0720. The summed E-state index contributed by atoms with van der Waals surface area (Å²) in [5.74, 6) is 0. The Bertz CT molecular complexity index is 509. The molecule has 0 saturated carbocycles. The largest absolute Gasteiger partial charge is 0.465 e. The number of nitrogens with zero attached hydrogens (tertiary/aromatic N) is 1. The lowest BCUT2D eigenvalue weighted by Gasteiger charge is -2.24. The fourth-order valence-corrected chi connectivity index (χ4v) is 2.25. The summed E-state index contributed by atoms with van der Waals surface area (Å²) in [7, 11) is 1.69. The molecule has 1 aromatic heterocycles. The van der Waals surface area contributed by atoms with Crippen LogP contribution in [0.15, 0.2) is 21.5 Å². The molecule has 100 valence electrons. The molecule has 0 aliphatic carbocycles. The molecule has 18 heavy (non-hydrogen) atoms. The standard InChI is InChI=1S/C12H17BrN2O3/c1-12(2,14-11(17)18)5-4-8-6-10(16)15(3)7-9(8)13/h6-7,14H,4-5H2,1-3H3,(H,17,18). The number of rotatable bonds is 4. The number of aromatic nitrogens is 1. The summed E-state index contributed by atoms with van der Waals surface area (Å²) >= 11 is 3.40. The van der Waals surface area contributed by atoms with Crippen molar-refractivity contribution < 1.29 is 9.90 Å². The molecule has 1 aromatic rings. The van der Waals surface area contributed by atoms with E-state index < -0.39 is 11.6 Å². The average Bonchev–Trinajstić information content (AvgIpc) is 2.19. The third-order valence-electron chi connectivity index (χ3n) is 2.72. The molecule has 2 N–H and O–H groups in total. The predicted molar refractivity (Wildman–Crippen MR) is 72.9 cm³/mol. The average molecular weight is 317 g/mol. The van der Waals surface area contributed by atoms with Crippen LogP contribution < -0.4 is 10.9 Å². The number of halogens is 1. The Morgan fingerprint density at radius 1 is 1.56 bits per heavy atom. The van der Waals surface area contributed by atoms with Crippen LogP contribution in [0, 0.1) is 0 Å². The number of pyridine rings is 1. The highest BCUT2D eigenvalue weighted by Gasteiger charge is 2.20. The Kier molecular flexibility index (Phi) is 4.56. The smallest absolute Gasteiger partial charge is 0.405 e. The molecule has 1 rings (SSSR count). The Balaban J connectivity index is 2.78. The van der Waals surface area contributed by atoms with Gasteiger partial charge in [-0.3, -0.25) is 4.79 Å². The van der Waals surface area contributed by atoms with Crippen LogP contribution >= 0.6 is 15.9 Å². The second-order valence-electron chi connectivity index (χ2n) is 4.91. The van der Waals surface area contributed by atoms with E-state index in [1.54, 1.807) is 19.3 Å². The summed E-state index contributed by atoms with van der Waals surface area (Å²) in [6, 6.07) is 1.57. The van der Waals surface area contributed by atoms with Gasteiger partial charge in [-0.2, -0.15) is 0 Å². The molecule has 0 aliphatic rings. The first-order valence-corrected chi connectivity index (χ1v) is 6.37. The van der Waals surface area contributed by atoms with E-state index in [-0.39, 0.29) is 5.56 Å². The normalized spacial score (nSPS) is 11.3. The lowest BCUT2D eigenvalue weighted by Crippen LogP contribution is -2.43. The molecule has 0 spiro atoms. The van der Waals surface area contributed by atoms with Gasteiger partial charge in [0.05, 0.1) is 0 Å². The zero-order valence-electron chi connectivity index (χ0n) is 10.7. The van der Waals surface area contributed by atoms with E-state index in [1.165, 1.54) is 4.57 Å². The summed E-state index contributed by atoms with van der Waals surface area (Å²) in [5.41, 5.74) is 0.294. The summed E-state index contributed by atoms with van der Waals surface area (Å²) in [5, 5.41) is 11.2. The maximum Gasteiger partial charge on any atom is 0.405 e. The fraction of sp³-hybridized carbons (Fsp3) is 0.500. The molecule has 0 saturated heterocycles. The number of aryl methyl sites for hydroxylation is 2. The number of amides is 1. The first-order valence-electron chi connectivity index (χ1n) is 5.57. The summed E-state index contributed by atoms with van der Waals surface area (Å²) in [4.78, 5) is 22.1. The second kappa shape index (κ2) is 5.56. The highest BCUT2D eigenvalue weighted by Crippen LogP contribution is 2.19. The topological polar surface area (TPSA) is 71.3 Å². The van der Waals surface area contributed by atoms with Crippen molar-refractivity contribution in [1.29, 1.82) is 0 Å². The third-order valence-corrected chi connectivity index (χ3v) is 3.44. The van der Waals surface area contributed by atoms with Crippen molar-refractivity contribution in [3.8, 4) is 0 Å². The maximum atomic E-state index is 11.5. The van der Waals surface area contributed by atoms with Crippen LogP contribution in [0.3, 0.4) is 0 Å². The number of hydrogen-bond donors (Lipinski definition) is 2. The van der Waals surface area contributed by atoms with Gasteiger partial charge < -0.3 is 15.0 Å². The number of carboxylic acid groups (broad SMARTS) is 1. The summed E-state index contributed by atoms with van der Waals surface area (Å²) in [6.45, 7) is 3.63. The van der Waals surface area contributed by atoms with Gasteiger partial charge in [-0.25, -0.2) is 4.79 Å². The van der Waals surface area contributed by atoms with Crippen LogP contribution in [0.25, 0.3) is 0 Å². The number of nitrogens with one attached hydrogen (secondary N) is 1. The fourth-order valence-electron chi connectivity index (χ4n) is 1.63. The van der Waals surface area contributed by atoms with Gasteiger partial charge in [0.15, 0.2) is 0 Å². The monoisotopic (exact) mass is 316 g/mol. The zero-order valence-corrected chi connectivity index (χ0v) is 12.2. The molecule has 0 fully saturated rings. The van der Waals surface area contributed by atoms with Crippen LogP contribution in [0.2, 0.25) is 0 Å². The van der Waals surface area contributed by atoms with Crippen molar-refractivity contribution in [3.63, 3.8) is 0 Å². The SMILES string of the molecule is Cn1cc(Br)c(CCC(C)(C)NC(=O)O)cc1=O. The first-order chi connectivity index (χ1) is 8.21. The van der Waals surface area contributed by atoms with Gasteiger partial charge in [0.2, 0.25) is 0 Å². The minimum atomic E-state index is -1.04. The predicted octanol–water partition coefficient (Wildman–Crippen LogP) is 2.13. The molecule has 0 radical (unpaired) electrons. The van der Waals surface area contributed by atoms with E-state index in [4.69, 9.17) is 5.11 Å². The van der Waals surface area contributed by atoms with Gasteiger partial charge in [0, 0.05) is 29.3 Å². The maximum absolute atomic E-state index is 11.5. The lowest BCUT2D eigenvalue weighted by molar-refractivity contribution is 0.180. The molecular weight excluding hydrogens is 300 g/mol. The Morgan fingerprint density at radius 2 is 2.17 bits per heavy atom. The van der Waals surface area contributed by atoms with Gasteiger partial charge in [0.1, 0.15) is 0 Å². The van der Waals surface area contributed by atoms with Gasteiger partial charge in [-0.05, 0) is 48.2 Å². The molecule has 0 unspecified atom stereocenters. The van der Waals surface area contributed by atoms with E-state index in [1.807, 2.05) is 13.8 Å². The van der Waals surface area contributed by atoms with Crippen molar-refractivity contribution in [3.05, 3.63) is 32.7 Å². The molecule has 0 atom stereocenters. The number of hydrogen-bond acceptors (Lipinski definition) is 2. The molecule has 0 bridgehead atoms. The van der Waals surface area contributed by atoms with Gasteiger partial charge in [-0.15, -0.1) is 0 Å². The van der Waals surface area contributed by atoms with Crippen LogP contribution in [-0.2, 0) is 13.5 Å². The third kappa shape index (κ3) is 4.18. The zero-order chi connectivity index (χ0) is 13.9. The molecule has 1 heterocycles.